The van der Waals surface area contributed by atoms with Gasteiger partial charge in [-0.1, -0.05) is 0 Å². The summed E-state index contributed by atoms with van der Waals surface area (Å²) in [6, 6.07) is -0.663. The standard InChI is InChI=1S/C14H26N2O4/c1-9(11(17)18)10(2)15-12(19)16-7-13(3,4)20-14(5,6)8-16/h9-10H,7-8H2,1-6H3,(H,15,19)(H,17,18). The van der Waals surface area contributed by atoms with Gasteiger partial charge in [-0.2, -0.15) is 0 Å². The molecule has 2 amide bonds. The highest BCUT2D eigenvalue weighted by Crippen LogP contribution is 2.28. The number of rotatable bonds is 3. The Morgan fingerprint density at radius 3 is 2.00 bits per heavy atom. The largest absolute Gasteiger partial charge is 0.481 e. The quantitative estimate of drug-likeness (QED) is 0.827. The van der Waals surface area contributed by atoms with E-state index in [1.54, 1.807) is 18.7 Å². The second-order valence-electron chi connectivity index (χ2n) is 6.84. The first-order chi connectivity index (χ1) is 8.93. The van der Waals surface area contributed by atoms with Crippen molar-refractivity contribution in [2.24, 2.45) is 5.92 Å². The van der Waals surface area contributed by atoms with Gasteiger partial charge in [-0.15, -0.1) is 0 Å². The van der Waals surface area contributed by atoms with Crippen molar-refractivity contribution in [1.82, 2.24) is 10.2 Å². The van der Waals surface area contributed by atoms with E-state index in [4.69, 9.17) is 9.84 Å². The van der Waals surface area contributed by atoms with Gasteiger partial charge in [0.2, 0.25) is 0 Å². The number of ether oxygens (including phenoxy) is 1. The van der Waals surface area contributed by atoms with Crippen LogP contribution in [-0.2, 0) is 9.53 Å². The van der Waals surface area contributed by atoms with Gasteiger partial charge < -0.3 is 20.1 Å². The molecule has 0 spiro atoms. The number of carboxylic acids is 1. The van der Waals surface area contributed by atoms with Crippen molar-refractivity contribution >= 4 is 12.0 Å². The molecule has 116 valence electrons. The molecule has 0 aromatic carbocycles. The lowest BCUT2D eigenvalue weighted by Crippen LogP contribution is -2.61. The lowest BCUT2D eigenvalue weighted by Gasteiger charge is -2.47. The summed E-state index contributed by atoms with van der Waals surface area (Å²) in [5.41, 5.74) is -0.832. The third-order valence-corrected chi connectivity index (χ3v) is 3.47. The molecule has 2 unspecified atom stereocenters. The third kappa shape index (κ3) is 4.37. The predicted octanol–water partition coefficient (Wildman–Crippen LogP) is 1.69. The van der Waals surface area contributed by atoms with Crippen LogP contribution < -0.4 is 5.32 Å². The van der Waals surface area contributed by atoms with E-state index in [0.717, 1.165) is 0 Å². The van der Waals surface area contributed by atoms with Gasteiger partial charge in [0, 0.05) is 6.04 Å². The van der Waals surface area contributed by atoms with Crippen LogP contribution in [-0.4, -0.2) is 52.3 Å². The van der Waals surface area contributed by atoms with Crippen LogP contribution in [0.3, 0.4) is 0 Å². The fraction of sp³-hybridized carbons (Fsp3) is 0.857. The number of carbonyl (C=O) groups is 2. The van der Waals surface area contributed by atoms with Gasteiger partial charge in [-0.05, 0) is 41.5 Å². The predicted molar refractivity (Wildman–Crippen MR) is 75.6 cm³/mol. The van der Waals surface area contributed by atoms with E-state index in [9.17, 15) is 9.59 Å². The number of urea groups is 1. The molecule has 0 aromatic heterocycles. The number of aliphatic carboxylic acids is 1. The molecule has 0 aliphatic carbocycles. The summed E-state index contributed by atoms with van der Waals surface area (Å²) in [5.74, 6) is -1.54. The number of hydrogen-bond donors (Lipinski definition) is 2. The maximum absolute atomic E-state index is 12.3. The van der Waals surface area contributed by atoms with Gasteiger partial charge in [0.25, 0.3) is 0 Å². The van der Waals surface area contributed by atoms with E-state index >= 15 is 0 Å². The molecule has 20 heavy (non-hydrogen) atoms. The van der Waals surface area contributed by atoms with Gasteiger partial charge in [0.1, 0.15) is 0 Å². The van der Waals surface area contributed by atoms with Gasteiger partial charge in [0.05, 0.1) is 30.2 Å². The summed E-state index contributed by atoms with van der Waals surface area (Å²) >= 11 is 0. The van der Waals surface area contributed by atoms with E-state index in [1.165, 1.54) is 0 Å². The highest BCUT2D eigenvalue weighted by atomic mass is 16.5. The van der Waals surface area contributed by atoms with Crippen molar-refractivity contribution in [3.8, 4) is 0 Å². The molecule has 1 aliphatic rings. The Labute approximate surface area is 120 Å². The minimum Gasteiger partial charge on any atom is -0.481 e. The zero-order valence-electron chi connectivity index (χ0n) is 13.2. The molecule has 0 radical (unpaired) electrons. The molecular formula is C14H26N2O4. The molecule has 1 fully saturated rings. The van der Waals surface area contributed by atoms with Gasteiger partial charge in [0.15, 0.2) is 0 Å². The number of nitrogens with one attached hydrogen (secondary N) is 1. The van der Waals surface area contributed by atoms with Crippen LogP contribution in [0.4, 0.5) is 4.79 Å². The second kappa shape index (κ2) is 5.60. The topological polar surface area (TPSA) is 78.9 Å². The first-order valence-corrected chi connectivity index (χ1v) is 6.92. The molecule has 0 saturated carbocycles. The van der Waals surface area contributed by atoms with E-state index in [1.807, 2.05) is 27.7 Å². The highest BCUT2D eigenvalue weighted by molar-refractivity contribution is 5.77. The van der Waals surface area contributed by atoms with Crippen LogP contribution in [0.5, 0.6) is 0 Å². The van der Waals surface area contributed by atoms with Crippen molar-refractivity contribution in [2.45, 2.75) is 58.8 Å². The summed E-state index contributed by atoms with van der Waals surface area (Å²) in [7, 11) is 0. The zero-order valence-corrected chi connectivity index (χ0v) is 13.2. The van der Waals surface area contributed by atoms with Crippen LogP contribution in [0.2, 0.25) is 0 Å². The number of morpholine rings is 1. The molecule has 0 aromatic rings. The lowest BCUT2D eigenvalue weighted by atomic mass is 9.99. The molecule has 1 heterocycles. The smallest absolute Gasteiger partial charge is 0.317 e. The molecule has 1 rings (SSSR count). The minimum absolute atomic E-state index is 0.241. The molecule has 1 aliphatic heterocycles. The first kappa shape index (κ1) is 16.8. The molecule has 2 atom stereocenters. The molecule has 1 saturated heterocycles. The summed E-state index contributed by atoms with van der Waals surface area (Å²) in [5, 5.41) is 11.7. The zero-order chi connectivity index (χ0) is 15.7. The minimum atomic E-state index is -0.916. The number of hydrogen-bond acceptors (Lipinski definition) is 3. The Hall–Kier alpha value is -1.30. The van der Waals surface area contributed by atoms with Gasteiger partial charge in [-0.25, -0.2) is 4.79 Å². The van der Waals surface area contributed by atoms with E-state index < -0.39 is 29.1 Å². The van der Waals surface area contributed by atoms with Crippen LogP contribution in [0.1, 0.15) is 41.5 Å². The SMILES string of the molecule is CC(NC(=O)N1CC(C)(C)OC(C)(C)C1)C(C)C(=O)O. The van der Waals surface area contributed by atoms with Crippen LogP contribution >= 0.6 is 0 Å². The Morgan fingerprint density at radius 1 is 1.15 bits per heavy atom. The fourth-order valence-corrected chi connectivity index (χ4v) is 2.56. The monoisotopic (exact) mass is 286 g/mol. The number of carboxylic acid groups (broad SMARTS) is 1. The second-order valence-corrected chi connectivity index (χ2v) is 6.84. The molecule has 6 heteroatoms. The van der Waals surface area contributed by atoms with Crippen molar-refractivity contribution < 1.29 is 19.4 Å². The van der Waals surface area contributed by atoms with Crippen molar-refractivity contribution in [1.29, 1.82) is 0 Å². The maximum Gasteiger partial charge on any atom is 0.317 e. The Bertz CT molecular complexity index is 377. The van der Waals surface area contributed by atoms with E-state index in [0.29, 0.717) is 13.1 Å². The average Bonchev–Trinajstić information content (AvgIpc) is 2.23. The van der Waals surface area contributed by atoms with Crippen LogP contribution in [0.15, 0.2) is 0 Å². The van der Waals surface area contributed by atoms with E-state index in [-0.39, 0.29) is 6.03 Å². The summed E-state index contributed by atoms with van der Waals surface area (Å²) < 4.78 is 5.92. The normalized spacial score (nSPS) is 23.8. The van der Waals surface area contributed by atoms with Gasteiger partial charge in [-0.3, -0.25) is 4.79 Å². The molecular weight excluding hydrogens is 260 g/mol. The molecule has 6 nitrogen and oxygen atoms in total. The maximum atomic E-state index is 12.3. The Morgan fingerprint density at radius 2 is 1.60 bits per heavy atom. The first-order valence-electron chi connectivity index (χ1n) is 6.92. The molecule has 0 bridgehead atoms. The number of amides is 2. The fourth-order valence-electron chi connectivity index (χ4n) is 2.56. The van der Waals surface area contributed by atoms with Crippen LogP contribution in [0.25, 0.3) is 0 Å². The highest BCUT2D eigenvalue weighted by Gasteiger charge is 2.40. The summed E-state index contributed by atoms with van der Waals surface area (Å²) in [4.78, 5) is 24.9. The Balaban J connectivity index is 2.70. The molecule has 2 N–H and O–H groups in total. The summed E-state index contributed by atoms with van der Waals surface area (Å²) in [6.45, 7) is 12.0. The van der Waals surface area contributed by atoms with Crippen molar-refractivity contribution in [3.63, 3.8) is 0 Å². The average molecular weight is 286 g/mol. The lowest BCUT2D eigenvalue weighted by molar-refractivity contribution is -0.170. The Kier molecular flexibility index (Phi) is 4.69. The van der Waals surface area contributed by atoms with Gasteiger partial charge >= 0.3 is 12.0 Å². The number of carbonyl (C=O) groups excluding carboxylic acids is 1. The number of nitrogens with zero attached hydrogens (tertiary/aromatic N) is 1. The van der Waals surface area contributed by atoms with E-state index in [2.05, 4.69) is 5.32 Å². The third-order valence-electron chi connectivity index (χ3n) is 3.47. The summed E-state index contributed by atoms with van der Waals surface area (Å²) in [6.07, 6.45) is 0. The van der Waals surface area contributed by atoms with Crippen LogP contribution in [0, 0.1) is 5.92 Å². The van der Waals surface area contributed by atoms with Crippen molar-refractivity contribution in [3.05, 3.63) is 0 Å². The van der Waals surface area contributed by atoms with Crippen molar-refractivity contribution in [2.75, 3.05) is 13.1 Å².